The van der Waals surface area contributed by atoms with Crippen LogP contribution in [0.25, 0.3) is 0 Å². The van der Waals surface area contributed by atoms with Gasteiger partial charge in [0.25, 0.3) is 0 Å². The first-order valence-electron chi connectivity index (χ1n) is 5.94. The maximum atomic E-state index is 12.9. The number of hydrogen-bond acceptors (Lipinski definition) is 3. The number of benzene rings is 2. The third kappa shape index (κ3) is 4.86. The van der Waals surface area contributed by atoms with E-state index in [-0.39, 0.29) is 32.9 Å². The van der Waals surface area contributed by atoms with Gasteiger partial charge in [0, 0.05) is 12.1 Å². The van der Waals surface area contributed by atoms with Gasteiger partial charge in [-0.2, -0.15) is 0 Å². The number of ketones is 1. The van der Waals surface area contributed by atoms with E-state index in [1.54, 1.807) is 0 Å². The van der Waals surface area contributed by atoms with Crippen molar-refractivity contribution in [3.05, 3.63) is 57.6 Å². The van der Waals surface area contributed by atoms with Gasteiger partial charge < -0.3 is 9.84 Å². The number of methoxy groups -OCH3 is 1. The minimum atomic E-state index is -0.600. The lowest BCUT2D eigenvalue weighted by molar-refractivity contribution is 0.101. The van der Waals surface area contributed by atoms with Crippen molar-refractivity contribution < 1.29 is 23.4 Å². The number of carbonyl (C=O) groups excluding carboxylic acids is 1. The summed E-state index contributed by atoms with van der Waals surface area (Å²) < 4.78 is 30.0. The monoisotopic (exact) mass is 348 g/mol. The molecule has 3 nitrogen and oxygen atoms in total. The molecule has 0 bridgehead atoms. The van der Waals surface area contributed by atoms with E-state index in [0.29, 0.717) is 0 Å². The Morgan fingerprint density at radius 3 is 2.14 bits per heavy atom. The molecule has 0 aliphatic rings. The minimum absolute atomic E-state index is 0.0211. The van der Waals surface area contributed by atoms with E-state index in [9.17, 15) is 13.6 Å². The molecule has 0 fully saturated rings. The first-order chi connectivity index (χ1) is 10.3. The van der Waals surface area contributed by atoms with Crippen molar-refractivity contribution in [2.45, 2.75) is 6.92 Å². The van der Waals surface area contributed by atoms with Crippen molar-refractivity contribution in [2.75, 3.05) is 7.11 Å². The average Bonchev–Trinajstić information content (AvgIpc) is 2.46. The van der Waals surface area contributed by atoms with Crippen LogP contribution >= 0.6 is 23.2 Å². The summed E-state index contributed by atoms with van der Waals surface area (Å²) in [4.78, 5) is 11.0. The third-order valence-electron chi connectivity index (χ3n) is 2.52. The Labute approximate surface area is 136 Å². The van der Waals surface area contributed by atoms with E-state index in [1.165, 1.54) is 32.2 Å². The Balaban J connectivity index is 0.000000235. The minimum Gasteiger partial charge on any atom is -0.508 e. The van der Waals surface area contributed by atoms with Gasteiger partial charge in [-0.05, 0) is 25.1 Å². The Morgan fingerprint density at radius 1 is 1.09 bits per heavy atom. The average molecular weight is 349 g/mol. The summed E-state index contributed by atoms with van der Waals surface area (Å²) in [6, 6.07) is 5.94. The normalized spacial score (nSPS) is 9.73. The van der Waals surface area contributed by atoms with Crippen molar-refractivity contribution in [3.8, 4) is 11.5 Å². The van der Waals surface area contributed by atoms with E-state index in [2.05, 4.69) is 0 Å². The van der Waals surface area contributed by atoms with E-state index in [1.807, 2.05) is 0 Å². The molecule has 7 heteroatoms. The van der Waals surface area contributed by atoms with Crippen LogP contribution in [0.3, 0.4) is 0 Å². The molecule has 0 atom stereocenters. The fourth-order valence-electron chi connectivity index (χ4n) is 1.46. The highest BCUT2D eigenvalue weighted by Crippen LogP contribution is 2.26. The second kappa shape index (κ2) is 7.96. The van der Waals surface area contributed by atoms with E-state index in [0.717, 1.165) is 12.1 Å². The molecule has 0 radical (unpaired) electrons. The van der Waals surface area contributed by atoms with E-state index >= 15 is 0 Å². The third-order valence-corrected chi connectivity index (χ3v) is 3.12. The Hall–Kier alpha value is -1.85. The van der Waals surface area contributed by atoms with Crippen molar-refractivity contribution in [2.24, 2.45) is 0 Å². The van der Waals surface area contributed by atoms with Crippen molar-refractivity contribution >= 4 is 29.0 Å². The summed E-state index contributed by atoms with van der Waals surface area (Å²) in [5, 5.41) is 8.58. The first-order valence-corrected chi connectivity index (χ1v) is 6.69. The van der Waals surface area contributed by atoms with E-state index < -0.39 is 11.6 Å². The highest BCUT2D eigenvalue weighted by atomic mass is 35.5. The molecule has 2 aromatic carbocycles. The van der Waals surface area contributed by atoms with Gasteiger partial charge in [0.1, 0.15) is 23.1 Å². The van der Waals surface area contributed by atoms with Crippen LogP contribution in [0.15, 0.2) is 30.3 Å². The number of ether oxygens (including phenoxy) is 1. The molecule has 2 rings (SSSR count). The molecule has 0 aliphatic heterocycles. The van der Waals surface area contributed by atoms with Crippen molar-refractivity contribution in [3.63, 3.8) is 0 Å². The number of halogens is 4. The SMILES string of the molecule is COc1cc(F)c(Cl)cc1C(C)=O.Oc1ccc(Cl)c(F)c1. The second-order valence-electron chi connectivity index (χ2n) is 4.12. The largest absolute Gasteiger partial charge is 0.508 e. The highest BCUT2D eigenvalue weighted by molar-refractivity contribution is 6.31. The highest BCUT2D eigenvalue weighted by Gasteiger charge is 2.12. The number of hydrogen-bond donors (Lipinski definition) is 1. The molecular formula is C15H12Cl2F2O3. The first kappa shape index (κ1) is 18.2. The fourth-order valence-corrected chi connectivity index (χ4v) is 1.74. The smallest absolute Gasteiger partial charge is 0.163 e. The van der Waals surface area contributed by atoms with Crippen molar-refractivity contribution in [1.29, 1.82) is 0 Å². The molecule has 0 heterocycles. The summed E-state index contributed by atoms with van der Waals surface area (Å²) in [6.07, 6.45) is 0. The zero-order valence-corrected chi connectivity index (χ0v) is 13.2. The van der Waals surface area contributed by atoms with Crippen LogP contribution in [0.2, 0.25) is 10.0 Å². The maximum Gasteiger partial charge on any atom is 0.163 e. The molecule has 2 aromatic rings. The maximum absolute atomic E-state index is 12.9. The predicted octanol–water partition coefficient (Wildman–Crippen LogP) is 4.88. The summed E-state index contributed by atoms with van der Waals surface area (Å²) in [5.41, 5.74) is 0.286. The van der Waals surface area contributed by atoms with Gasteiger partial charge in [-0.15, -0.1) is 0 Å². The van der Waals surface area contributed by atoms with Gasteiger partial charge in [0.2, 0.25) is 0 Å². The number of aromatic hydroxyl groups is 1. The lowest BCUT2D eigenvalue weighted by Gasteiger charge is -2.06. The number of phenolic OH excluding ortho intramolecular Hbond substituents is 1. The topological polar surface area (TPSA) is 46.5 Å². The fraction of sp³-hybridized carbons (Fsp3) is 0.133. The molecule has 0 aliphatic carbocycles. The zero-order valence-electron chi connectivity index (χ0n) is 11.7. The van der Waals surface area contributed by atoms with Crippen LogP contribution in [0.5, 0.6) is 11.5 Å². The summed E-state index contributed by atoms with van der Waals surface area (Å²) in [5.74, 6) is -1.31. The Morgan fingerprint density at radius 2 is 1.68 bits per heavy atom. The Kier molecular flexibility index (Phi) is 6.59. The molecule has 0 saturated heterocycles. The van der Waals surface area contributed by atoms with Gasteiger partial charge in [-0.3, -0.25) is 4.79 Å². The lowest BCUT2D eigenvalue weighted by Crippen LogP contribution is -1.98. The van der Waals surface area contributed by atoms with Crippen LogP contribution in [0.1, 0.15) is 17.3 Å². The molecule has 0 amide bonds. The lowest BCUT2D eigenvalue weighted by atomic mass is 10.1. The van der Waals surface area contributed by atoms with Crippen LogP contribution < -0.4 is 4.74 Å². The molecular weight excluding hydrogens is 337 g/mol. The molecule has 118 valence electrons. The second-order valence-corrected chi connectivity index (χ2v) is 4.94. The summed E-state index contributed by atoms with van der Waals surface area (Å²) in [6.45, 7) is 1.37. The molecule has 0 spiro atoms. The quantitative estimate of drug-likeness (QED) is 0.787. The van der Waals surface area contributed by atoms with Gasteiger partial charge in [0.15, 0.2) is 5.78 Å². The number of phenols is 1. The van der Waals surface area contributed by atoms with Crippen LogP contribution in [0.4, 0.5) is 8.78 Å². The summed E-state index contributed by atoms with van der Waals surface area (Å²) >= 11 is 10.8. The molecule has 22 heavy (non-hydrogen) atoms. The van der Waals surface area contributed by atoms with Gasteiger partial charge in [-0.25, -0.2) is 8.78 Å². The van der Waals surface area contributed by atoms with Gasteiger partial charge in [0.05, 0.1) is 22.7 Å². The predicted molar refractivity (Wildman–Crippen MR) is 81.0 cm³/mol. The van der Waals surface area contributed by atoms with E-state index in [4.69, 9.17) is 33.0 Å². The molecule has 0 unspecified atom stereocenters. The van der Waals surface area contributed by atoms with Gasteiger partial charge in [-0.1, -0.05) is 23.2 Å². The number of carbonyl (C=O) groups is 1. The van der Waals surface area contributed by atoms with Gasteiger partial charge >= 0.3 is 0 Å². The number of Topliss-reactive ketones (excluding diaryl/α,β-unsaturated/α-hetero) is 1. The van der Waals surface area contributed by atoms with Crippen LogP contribution in [-0.4, -0.2) is 18.0 Å². The molecule has 1 N–H and O–H groups in total. The Bertz CT molecular complexity index is 691. The molecule has 0 aromatic heterocycles. The van der Waals surface area contributed by atoms with Crippen LogP contribution in [-0.2, 0) is 0 Å². The van der Waals surface area contributed by atoms with Crippen molar-refractivity contribution in [1.82, 2.24) is 0 Å². The number of rotatable bonds is 2. The van der Waals surface area contributed by atoms with Crippen LogP contribution in [0, 0.1) is 11.6 Å². The standard InChI is InChI=1S/C9H8ClFO2.C6H4ClFO/c1-5(12)6-3-7(10)8(11)4-9(6)13-2;7-5-2-1-4(9)3-6(5)8/h3-4H,1-2H3;1-3,9H. The zero-order chi connectivity index (χ0) is 16.9. The summed E-state index contributed by atoms with van der Waals surface area (Å²) in [7, 11) is 1.37. The molecule has 0 saturated carbocycles.